The molecule has 0 aromatic carbocycles. The van der Waals surface area contributed by atoms with Gasteiger partial charge in [-0.1, -0.05) is 0 Å². The van der Waals surface area contributed by atoms with Crippen LogP contribution < -0.4 is 0 Å². The van der Waals surface area contributed by atoms with E-state index >= 15 is 0 Å². The topological polar surface area (TPSA) is 124 Å². The van der Waals surface area contributed by atoms with Gasteiger partial charge in [0.05, 0.1) is 0 Å². The van der Waals surface area contributed by atoms with Gasteiger partial charge in [0.15, 0.2) is 5.34 Å². The quantitative estimate of drug-likeness (QED) is 0.216. The zero-order valence-electron chi connectivity index (χ0n) is 8.84. The van der Waals surface area contributed by atoms with Crippen LogP contribution in [0.1, 0.15) is 5.71 Å². The van der Waals surface area contributed by atoms with Crippen molar-refractivity contribution >= 4 is 85.9 Å². The maximum Gasteiger partial charge on any atom is 2.00 e. The summed E-state index contributed by atoms with van der Waals surface area (Å²) in [6, 6.07) is 0. The third-order valence-electron chi connectivity index (χ3n) is 0. The van der Waals surface area contributed by atoms with Gasteiger partial charge in [-0.3, -0.25) is 9.11 Å². The summed E-state index contributed by atoms with van der Waals surface area (Å²) in [6.45, 7) is 0. The van der Waals surface area contributed by atoms with Crippen LogP contribution in [0.5, 0.6) is 0 Å². The van der Waals surface area contributed by atoms with Crippen LogP contribution in [0.3, 0.4) is 0 Å². The van der Waals surface area contributed by atoms with Crippen LogP contribution in [-0.2, 0) is 10.4 Å². The van der Waals surface area contributed by atoms with E-state index in [1.807, 2.05) is 0 Å². The average Bonchev–Trinajstić information content (AvgIpc) is 1.27. The fourth-order valence-electron chi connectivity index (χ4n) is 0. The van der Waals surface area contributed by atoms with Gasteiger partial charge in [-0.25, -0.2) is 0 Å². The molecule has 0 aliphatic heterocycles. The van der Waals surface area contributed by atoms with Crippen molar-refractivity contribution in [1.82, 2.24) is 0 Å². The molecule has 0 spiro atoms. The molecule has 0 aromatic heterocycles. The van der Waals surface area contributed by atoms with E-state index in [1.165, 1.54) is 5.34 Å². The van der Waals surface area contributed by atoms with Gasteiger partial charge in [0, 0.05) is 0 Å². The molecule has 10 heavy (non-hydrogen) atoms. The van der Waals surface area contributed by atoms with Crippen molar-refractivity contribution in [2.24, 2.45) is 5.34 Å². The molecule has 0 rings (SSSR count). The van der Waals surface area contributed by atoms with Gasteiger partial charge in [-0.2, -0.15) is 8.42 Å². The van der Waals surface area contributed by atoms with E-state index in [-0.39, 0.29) is 81.2 Å². The Labute approximate surface area is 123 Å². The van der Waals surface area contributed by atoms with Crippen LogP contribution >= 0.6 is 0 Å². The van der Waals surface area contributed by atoms with E-state index in [0.717, 1.165) is 0 Å². The van der Waals surface area contributed by atoms with Crippen molar-refractivity contribution < 1.29 is 28.4 Å². The van der Waals surface area contributed by atoms with Crippen molar-refractivity contribution in [3.63, 3.8) is 0 Å². The van der Waals surface area contributed by atoms with Crippen LogP contribution in [0.15, 0.2) is 5.34 Å². The van der Waals surface area contributed by atoms with E-state index in [9.17, 15) is 0 Å². The molecule has 0 aliphatic rings. The molecule has 0 saturated carbocycles. The minimum absolute atomic E-state index is 0. The zero-order chi connectivity index (χ0) is 7.21. The predicted molar refractivity (Wildman–Crippen MR) is 37.7 cm³/mol. The van der Waals surface area contributed by atoms with E-state index in [4.69, 9.17) is 27.6 Å². The zero-order valence-corrected chi connectivity index (χ0v) is 10.1. The molecular formula is H7Ca2NO6S. The Morgan fingerprint density at radius 1 is 1.20 bits per heavy atom. The first-order valence-corrected chi connectivity index (χ1v) is 2.48. The monoisotopic (exact) mass is 229 g/mol. The van der Waals surface area contributed by atoms with Crippen LogP contribution in [-0.4, -0.2) is 98.2 Å². The molecule has 0 radical (unpaired) electrons. The molecule has 0 bridgehead atoms. The fourth-order valence-corrected chi connectivity index (χ4v) is 0. The van der Waals surface area contributed by atoms with Crippen LogP contribution in [0.25, 0.3) is 0 Å². The first-order chi connectivity index (χ1) is 3.41. The smallest absolute Gasteiger partial charge is 1.00 e. The summed E-state index contributed by atoms with van der Waals surface area (Å²) in [6.07, 6.45) is 0. The van der Waals surface area contributed by atoms with E-state index in [1.54, 1.807) is 0 Å². The van der Waals surface area contributed by atoms with Gasteiger partial charge in [0.2, 0.25) is 0 Å². The Morgan fingerprint density at radius 3 is 1.20 bits per heavy atom. The second-order valence-corrected chi connectivity index (χ2v) is 1.43. The van der Waals surface area contributed by atoms with Crippen LogP contribution in [0.4, 0.5) is 0 Å². The maximum atomic E-state index is 8.74. The van der Waals surface area contributed by atoms with Crippen molar-refractivity contribution in [2.45, 2.75) is 0 Å². The molecule has 58 valence electrons. The first kappa shape index (κ1) is 22.6. The second kappa shape index (κ2) is 13.4. The second-order valence-electron chi connectivity index (χ2n) is 0.529. The van der Waals surface area contributed by atoms with Crippen LogP contribution in [0.2, 0.25) is 0 Å². The summed E-state index contributed by atoms with van der Waals surface area (Å²) >= 11 is 0. The average molecular weight is 229 g/mol. The molecule has 0 amide bonds. The summed E-state index contributed by atoms with van der Waals surface area (Å²) in [4.78, 5) is 8.11. The van der Waals surface area contributed by atoms with E-state index in [2.05, 4.69) is 0 Å². The molecule has 0 heterocycles. The van der Waals surface area contributed by atoms with Gasteiger partial charge in [-0.05, 0) is 0 Å². The summed E-state index contributed by atoms with van der Waals surface area (Å²) in [5.74, 6) is 0. The number of hydrogen-bond donors (Lipinski definition) is 3. The molecule has 0 saturated heterocycles. The Bertz CT molecular complexity index is 142. The largest absolute Gasteiger partial charge is 2.00 e. The van der Waals surface area contributed by atoms with Crippen LogP contribution in [0, 0.1) is 4.91 Å². The normalized spacial score (nSPS) is 7.00. The van der Waals surface area contributed by atoms with E-state index < -0.39 is 10.4 Å². The number of rotatable bonds is 0. The molecule has 0 aliphatic carbocycles. The van der Waals surface area contributed by atoms with Gasteiger partial charge >= 0.3 is 85.9 Å². The number of nitrogens with zero attached hydrogens (tertiary/aromatic N) is 1. The standard InChI is InChI=1S/2Ca.HNO2.H2O4S.4H/c;;2-1-3;1-5(2,3)4;;;;/h;;(H,2,3);(H2,1,2,3,4);;;;/q2*+2;;;4*-1. The van der Waals surface area contributed by atoms with Crippen molar-refractivity contribution in [3.8, 4) is 0 Å². The van der Waals surface area contributed by atoms with Gasteiger partial charge in [-0.15, -0.1) is 4.91 Å². The van der Waals surface area contributed by atoms with Crippen molar-refractivity contribution in [3.05, 3.63) is 4.91 Å². The fraction of sp³-hybridized carbons (Fsp3) is 0. The summed E-state index contributed by atoms with van der Waals surface area (Å²) in [5, 5.41) is 7.89. The summed E-state index contributed by atoms with van der Waals surface area (Å²) in [5.41, 5.74) is 0. The Balaban J connectivity index is -0.00000000626. The van der Waals surface area contributed by atoms with Gasteiger partial charge in [0.25, 0.3) is 0 Å². The number of hydrogen-bond acceptors (Lipinski definition) is 4. The summed E-state index contributed by atoms with van der Waals surface area (Å²) in [7, 11) is -4.67. The Hall–Kier alpha value is 1.79. The van der Waals surface area contributed by atoms with Gasteiger partial charge in [0.1, 0.15) is 0 Å². The van der Waals surface area contributed by atoms with Gasteiger partial charge < -0.3 is 10.9 Å². The molecule has 0 aromatic rings. The van der Waals surface area contributed by atoms with E-state index in [0.29, 0.717) is 0 Å². The molecule has 0 atom stereocenters. The molecule has 3 N–H and O–H groups in total. The minimum atomic E-state index is -4.67. The molecule has 0 unspecified atom stereocenters. The Morgan fingerprint density at radius 2 is 1.20 bits per heavy atom. The summed E-state index contributed by atoms with van der Waals surface area (Å²) < 4.78 is 31.6. The predicted octanol–water partition coefficient (Wildman–Crippen LogP) is -0.822. The first-order valence-electron chi connectivity index (χ1n) is 1.08. The minimum Gasteiger partial charge on any atom is -1.00 e. The third kappa shape index (κ3) is 236. The molecular weight excluding hydrogens is 222 g/mol. The Kier molecular flexibility index (Phi) is 30.3. The van der Waals surface area contributed by atoms with Crippen molar-refractivity contribution in [2.75, 3.05) is 0 Å². The molecule has 7 nitrogen and oxygen atoms in total. The molecule has 0 fully saturated rings. The van der Waals surface area contributed by atoms with Crippen molar-refractivity contribution in [1.29, 1.82) is 0 Å². The third-order valence-corrected chi connectivity index (χ3v) is 0. The SMILES string of the molecule is O=NO.O=S(=O)(O)O.[Ca+2].[Ca+2].[H-].[H-].[H-].[H-]. The maximum absolute atomic E-state index is 8.74. The molecule has 10 heteroatoms.